The minimum Gasteiger partial charge on any atom is -0.494 e. The van der Waals surface area contributed by atoms with Crippen LogP contribution >= 0.6 is 0 Å². The Hall–Kier alpha value is -2.65. The van der Waals surface area contributed by atoms with Gasteiger partial charge >= 0.3 is 0 Å². The van der Waals surface area contributed by atoms with Gasteiger partial charge in [0.25, 0.3) is 0 Å². The van der Waals surface area contributed by atoms with E-state index in [4.69, 9.17) is 4.74 Å². The first kappa shape index (κ1) is 22.0. The summed E-state index contributed by atoms with van der Waals surface area (Å²) >= 11 is 0. The van der Waals surface area contributed by atoms with Crippen LogP contribution in [-0.2, 0) is 14.8 Å². The van der Waals surface area contributed by atoms with Gasteiger partial charge in [-0.1, -0.05) is 12.1 Å². The highest BCUT2D eigenvalue weighted by Crippen LogP contribution is 2.21. The summed E-state index contributed by atoms with van der Waals surface area (Å²) in [5, 5.41) is 0. The average Bonchev–Trinajstić information content (AvgIpc) is 2.74. The fourth-order valence-electron chi connectivity index (χ4n) is 3.38. The van der Waals surface area contributed by atoms with E-state index in [0.29, 0.717) is 44.2 Å². The number of ether oxygens (including phenoxy) is 1. The molecule has 0 bridgehead atoms. The molecular weight excluding hydrogens is 409 g/mol. The van der Waals surface area contributed by atoms with Crippen molar-refractivity contribution < 1.29 is 22.3 Å². The van der Waals surface area contributed by atoms with Crippen LogP contribution in [0.4, 0.5) is 10.1 Å². The Kier molecular flexibility index (Phi) is 6.94. The predicted octanol–water partition coefficient (Wildman–Crippen LogP) is 2.24. The number of nitrogens with zero attached hydrogens (tertiary/aromatic N) is 2. The molecule has 1 aliphatic rings. The highest BCUT2D eigenvalue weighted by Gasteiger charge is 2.28. The van der Waals surface area contributed by atoms with Gasteiger partial charge in [0.15, 0.2) is 0 Å². The van der Waals surface area contributed by atoms with Crippen LogP contribution in [0.15, 0.2) is 53.4 Å². The van der Waals surface area contributed by atoms with Crippen LogP contribution in [-0.4, -0.2) is 58.1 Å². The van der Waals surface area contributed by atoms with Crippen LogP contribution in [0.2, 0.25) is 0 Å². The molecule has 162 valence electrons. The third kappa shape index (κ3) is 5.09. The van der Waals surface area contributed by atoms with Crippen molar-refractivity contribution in [2.24, 2.45) is 0 Å². The monoisotopic (exact) mass is 435 g/mol. The third-order valence-corrected chi connectivity index (χ3v) is 6.49. The van der Waals surface area contributed by atoms with E-state index >= 15 is 0 Å². The molecule has 0 unspecified atom stereocenters. The molecule has 1 aliphatic heterocycles. The number of piperazine rings is 1. The Balaban J connectivity index is 1.58. The lowest BCUT2D eigenvalue weighted by Crippen LogP contribution is -2.54. The summed E-state index contributed by atoms with van der Waals surface area (Å²) in [5.41, 5.74) is 0.508. The molecule has 0 spiro atoms. The second kappa shape index (κ2) is 9.44. The van der Waals surface area contributed by atoms with Gasteiger partial charge < -0.3 is 14.5 Å². The quantitative estimate of drug-likeness (QED) is 0.722. The van der Waals surface area contributed by atoms with Gasteiger partial charge in [0.05, 0.1) is 23.2 Å². The normalized spacial score (nSPS) is 15.7. The second-order valence-electron chi connectivity index (χ2n) is 7.01. The van der Waals surface area contributed by atoms with Gasteiger partial charge in [-0.25, -0.2) is 12.8 Å². The van der Waals surface area contributed by atoms with Gasteiger partial charge in [-0.2, -0.15) is 4.72 Å². The summed E-state index contributed by atoms with van der Waals surface area (Å²) in [6, 6.07) is 11.6. The molecule has 1 heterocycles. The lowest BCUT2D eigenvalue weighted by atomic mass is 10.2. The number of nitrogens with one attached hydrogen (secondary N) is 1. The summed E-state index contributed by atoms with van der Waals surface area (Å²) in [4.78, 5) is 16.3. The van der Waals surface area contributed by atoms with Crippen molar-refractivity contribution in [3.8, 4) is 5.75 Å². The number of rotatable bonds is 7. The third-order valence-electron chi connectivity index (χ3n) is 4.93. The Morgan fingerprint density at radius 3 is 2.33 bits per heavy atom. The van der Waals surface area contributed by atoms with E-state index in [1.54, 1.807) is 35.2 Å². The number of halogens is 1. The zero-order chi connectivity index (χ0) is 21.7. The van der Waals surface area contributed by atoms with Crippen molar-refractivity contribution in [1.29, 1.82) is 0 Å². The lowest BCUT2D eigenvalue weighted by Gasteiger charge is -2.37. The molecule has 2 aromatic rings. The second-order valence-corrected chi connectivity index (χ2v) is 8.73. The van der Waals surface area contributed by atoms with Gasteiger partial charge in [-0.3, -0.25) is 4.79 Å². The molecule has 1 saturated heterocycles. The highest BCUT2D eigenvalue weighted by atomic mass is 32.2. The molecule has 0 radical (unpaired) electrons. The van der Waals surface area contributed by atoms with Gasteiger partial charge in [0, 0.05) is 26.2 Å². The van der Waals surface area contributed by atoms with E-state index in [-0.39, 0.29) is 16.6 Å². The molecule has 1 atom stereocenters. The fourth-order valence-corrected chi connectivity index (χ4v) is 4.58. The van der Waals surface area contributed by atoms with Crippen molar-refractivity contribution >= 4 is 21.6 Å². The van der Waals surface area contributed by atoms with E-state index in [1.165, 1.54) is 25.1 Å². The van der Waals surface area contributed by atoms with Crippen LogP contribution in [0.1, 0.15) is 13.8 Å². The first-order chi connectivity index (χ1) is 14.3. The lowest BCUT2D eigenvalue weighted by molar-refractivity contribution is -0.132. The highest BCUT2D eigenvalue weighted by molar-refractivity contribution is 7.89. The Morgan fingerprint density at radius 1 is 1.10 bits per heavy atom. The molecule has 1 N–H and O–H groups in total. The number of hydrogen-bond donors (Lipinski definition) is 1. The summed E-state index contributed by atoms with van der Waals surface area (Å²) in [5.74, 6) is -0.0280. The molecule has 0 aliphatic carbocycles. The number of anilines is 1. The van der Waals surface area contributed by atoms with Gasteiger partial charge in [0.2, 0.25) is 15.9 Å². The van der Waals surface area contributed by atoms with E-state index in [9.17, 15) is 17.6 Å². The molecule has 1 amide bonds. The first-order valence-corrected chi connectivity index (χ1v) is 11.3. The molecule has 0 saturated carbocycles. The number of amides is 1. The van der Waals surface area contributed by atoms with Crippen LogP contribution in [0.25, 0.3) is 0 Å². The van der Waals surface area contributed by atoms with Crippen molar-refractivity contribution in [2.45, 2.75) is 24.8 Å². The minimum atomic E-state index is -3.85. The number of carbonyl (C=O) groups excluding carboxylic acids is 1. The van der Waals surface area contributed by atoms with Gasteiger partial charge in [-0.15, -0.1) is 0 Å². The number of carbonyl (C=O) groups is 1. The Labute approximate surface area is 176 Å². The number of benzene rings is 2. The van der Waals surface area contributed by atoms with Crippen molar-refractivity contribution in [3.05, 3.63) is 54.3 Å². The molecule has 9 heteroatoms. The SMILES string of the molecule is CCOc1ccc(S(=O)(=O)N[C@H](C)C(=O)N2CCN(c3ccccc3F)CC2)cc1. The van der Waals surface area contributed by atoms with E-state index in [0.717, 1.165) is 0 Å². The first-order valence-electron chi connectivity index (χ1n) is 9.85. The maximum Gasteiger partial charge on any atom is 0.241 e. The molecule has 0 aromatic heterocycles. The molecule has 3 rings (SSSR count). The molecule has 30 heavy (non-hydrogen) atoms. The number of hydrogen-bond acceptors (Lipinski definition) is 5. The average molecular weight is 436 g/mol. The number of sulfonamides is 1. The summed E-state index contributed by atoms with van der Waals surface area (Å²) < 4.78 is 46.9. The zero-order valence-electron chi connectivity index (χ0n) is 17.0. The maximum atomic E-state index is 14.0. The predicted molar refractivity (Wildman–Crippen MR) is 113 cm³/mol. The van der Waals surface area contributed by atoms with Crippen molar-refractivity contribution in [3.63, 3.8) is 0 Å². The standard InChI is InChI=1S/C21H26FN3O4S/c1-3-29-17-8-10-18(11-9-17)30(27,28)23-16(2)21(26)25-14-12-24(13-15-25)20-7-5-4-6-19(20)22/h4-11,16,23H,3,12-15H2,1-2H3/t16-/m1/s1. The smallest absolute Gasteiger partial charge is 0.241 e. The van der Waals surface area contributed by atoms with E-state index < -0.39 is 16.1 Å². The van der Waals surface area contributed by atoms with Crippen LogP contribution in [0.3, 0.4) is 0 Å². The Bertz CT molecular complexity index is 974. The molecule has 1 fully saturated rings. The van der Waals surface area contributed by atoms with E-state index in [2.05, 4.69) is 4.72 Å². The van der Waals surface area contributed by atoms with Crippen LogP contribution in [0.5, 0.6) is 5.75 Å². The van der Waals surface area contributed by atoms with Crippen LogP contribution in [0, 0.1) is 5.82 Å². The Morgan fingerprint density at radius 2 is 1.73 bits per heavy atom. The molecule has 7 nitrogen and oxygen atoms in total. The number of para-hydroxylation sites is 1. The van der Waals surface area contributed by atoms with Gasteiger partial charge in [-0.05, 0) is 50.2 Å². The van der Waals surface area contributed by atoms with Gasteiger partial charge in [0.1, 0.15) is 11.6 Å². The van der Waals surface area contributed by atoms with Crippen molar-refractivity contribution in [1.82, 2.24) is 9.62 Å². The largest absolute Gasteiger partial charge is 0.494 e. The molecule has 2 aromatic carbocycles. The maximum absolute atomic E-state index is 14.0. The summed E-state index contributed by atoms with van der Waals surface area (Å²) in [6.07, 6.45) is 0. The topological polar surface area (TPSA) is 78.9 Å². The minimum absolute atomic E-state index is 0.0648. The molecular formula is C21H26FN3O4S. The van der Waals surface area contributed by atoms with Crippen LogP contribution < -0.4 is 14.4 Å². The van der Waals surface area contributed by atoms with Crippen molar-refractivity contribution in [2.75, 3.05) is 37.7 Å². The van der Waals surface area contributed by atoms with E-state index in [1.807, 2.05) is 11.8 Å². The zero-order valence-corrected chi connectivity index (χ0v) is 17.9. The summed E-state index contributed by atoms with van der Waals surface area (Å²) in [7, 11) is -3.85. The summed E-state index contributed by atoms with van der Waals surface area (Å²) in [6.45, 7) is 5.59. The fraction of sp³-hybridized carbons (Fsp3) is 0.381.